The Morgan fingerprint density at radius 2 is 1.53 bits per heavy atom. The number of carbonyl (C=O) groups is 4. The number of methoxy groups -OCH3 is 1. The Kier molecular flexibility index (Phi) is 12.4. The zero-order valence-electron chi connectivity index (χ0n) is 25.9. The minimum absolute atomic E-state index is 0.198. The van der Waals surface area contributed by atoms with Gasteiger partial charge in [-0.25, -0.2) is 0 Å². The molecule has 0 aliphatic heterocycles. The van der Waals surface area contributed by atoms with E-state index < -0.39 is 35.1 Å². The van der Waals surface area contributed by atoms with Gasteiger partial charge in [-0.15, -0.1) is 0 Å². The predicted molar refractivity (Wildman–Crippen MR) is 169 cm³/mol. The molecule has 0 saturated heterocycles. The molecule has 3 rings (SSSR count). The van der Waals surface area contributed by atoms with E-state index in [-0.39, 0.29) is 25.2 Å². The monoisotopic (exact) mass is 585 g/mol. The fourth-order valence-corrected chi connectivity index (χ4v) is 5.26. The van der Waals surface area contributed by atoms with Gasteiger partial charge in [0.2, 0.25) is 11.8 Å². The zero-order valence-corrected chi connectivity index (χ0v) is 25.9. The molecule has 0 spiro atoms. The Balaban J connectivity index is 1.70. The van der Waals surface area contributed by atoms with Crippen molar-refractivity contribution in [2.75, 3.05) is 13.7 Å². The second-order valence-electron chi connectivity index (χ2n) is 12.1. The molecule has 0 aromatic heterocycles. The van der Waals surface area contributed by atoms with Gasteiger partial charge in [0.1, 0.15) is 6.04 Å². The van der Waals surface area contributed by atoms with Crippen LogP contribution in [-0.4, -0.2) is 43.6 Å². The van der Waals surface area contributed by atoms with Gasteiger partial charge in [0.05, 0.1) is 12.6 Å². The topological polar surface area (TPSA) is 102 Å². The van der Waals surface area contributed by atoms with Crippen molar-refractivity contribution in [1.82, 2.24) is 10.6 Å². The highest BCUT2D eigenvalue weighted by atomic mass is 16.5. The van der Waals surface area contributed by atoms with E-state index in [0.717, 1.165) is 22.3 Å². The molecule has 0 aliphatic carbocycles. The number of benzene rings is 3. The number of ketones is 1. The van der Waals surface area contributed by atoms with Crippen molar-refractivity contribution in [3.8, 4) is 11.1 Å². The van der Waals surface area contributed by atoms with Crippen LogP contribution in [0, 0.1) is 18.3 Å². The number of ether oxygens (including phenoxy) is 1. The zero-order chi connectivity index (χ0) is 31.4. The molecule has 2 amide bonds. The molecule has 7 nitrogen and oxygen atoms in total. The first kappa shape index (κ1) is 33.4. The van der Waals surface area contributed by atoms with Crippen molar-refractivity contribution >= 4 is 23.9 Å². The van der Waals surface area contributed by atoms with Crippen molar-refractivity contribution in [3.63, 3.8) is 0 Å². The highest BCUT2D eigenvalue weighted by Gasteiger charge is 2.36. The summed E-state index contributed by atoms with van der Waals surface area (Å²) >= 11 is 0. The van der Waals surface area contributed by atoms with Crippen LogP contribution in [0.1, 0.15) is 62.8 Å². The molecular formula is C36H44N2O5. The second-order valence-corrected chi connectivity index (χ2v) is 12.1. The third kappa shape index (κ3) is 10.00. The molecule has 0 aliphatic rings. The summed E-state index contributed by atoms with van der Waals surface area (Å²) in [5.74, 6) is -2.13. The highest BCUT2D eigenvalue weighted by molar-refractivity contribution is 6.25. The van der Waals surface area contributed by atoms with Crippen LogP contribution >= 0.6 is 0 Å². The fraction of sp³-hybridized carbons (Fsp3) is 0.389. The van der Waals surface area contributed by atoms with Crippen LogP contribution in [0.3, 0.4) is 0 Å². The molecule has 3 aromatic rings. The highest BCUT2D eigenvalue weighted by Crippen LogP contribution is 2.26. The van der Waals surface area contributed by atoms with Crippen molar-refractivity contribution in [3.05, 3.63) is 95.6 Å². The van der Waals surface area contributed by atoms with E-state index in [9.17, 15) is 19.2 Å². The number of hydrogen-bond donors (Lipinski definition) is 2. The van der Waals surface area contributed by atoms with Crippen LogP contribution in [0.2, 0.25) is 0 Å². The lowest BCUT2D eigenvalue weighted by molar-refractivity contribution is -0.136. The van der Waals surface area contributed by atoms with Crippen LogP contribution in [0.5, 0.6) is 0 Å². The minimum Gasteiger partial charge on any atom is -0.382 e. The lowest BCUT2D eigenvalue weighted by atomic mass is 9.85. The Hall–Kier alpha value is -4.10. The van der Waals surface area contributed by atoms with Gasteiger partial charge in [0, 0.05) is 19.4 Å². The maximum Gasteiger partial charge on any atom is 0.243 e. The third-order valence-corrected chi connectivity index (χ3v) is 7.61. The maximum absolute atomic E-state index is 13.6. The van der Waals surface area contributed by atoms with E-state index >= 15 is 0 Å². The molecule has 0 heterocycles. The van der Waals surface area contributed by atoms with Gasteiger partial charge in [0.25, 0.3) is 0 Å². The Morgan fingerprint density at radius 1 is 0.884 bits per heavy atom. The lowest BCUT2D eigenvalue weighted by Gasteiger charge is -2.33. The van der Waals surface area contributed by atoms with Crippen molar-refractivity contribution in [2.24, 2.45) is 11.3 Å². The van der Waals surface area contributed by atoms with Crippen LogP contribution in [0.25, 0.3) is 11.1 Å². The summed E-state index contributed by atoms with van der Waals surface area (Å²) in [4.78, 5) is 50.4. The summed E-state index contributed by atoms with van der Waals surface area (Å²) in [6, 6.07) is 24.8. The van der Waals surface area contributed by atoms with E-state index in [1.54, 1.807) is 7.11 Å². The summed E-state index contributed by atoms with van der Waals surface area (Å²) in [7, 11) is 1.57. The number of aldehydes is 1. The van der Waals surface area contributed by atoms with Gasteiger partial charge in [-0.3, -0.25) is 19.2 Å². The van der Waals surface area contributed by atoms with E-state index in [4.69, 9.17) is 4.74 Å². The van der Waals surface area contributed by atoms with Crippen LogP contribution < -0.4 is 10.6 Å². The standard InChI is InChI=1S/C36H44N2O5/c1-25-21-26(19-20-31(25)27-14-8-6-9-15-27)13-12-18-29(22-30(40)23-39)34(41)38-33(36(2,3)4)35(42)37-32(24-43-5)28-16-10-7-11-17-28/h6-11,14-17,19-21,23,29,32-33H,12-13,18,22,24H2,1-5H3,(H,37,42)(H,38,41)/i23+1. The smallest absolute Gasteiger partial charge is 0.243 e. The van der Waals surface area contributed by atoms with Gasteiger partial charge in [-0.1, -0.05) is 99.6 Å². The molecule has 2 N–H and O–H groups in total. The lowest BCUT2D eigenvalue weighted by Crippen LogP contribution is -2.55. The van der Waals surface area contributed by atoms with Crippen LogP contribution in [0.4, 0.5) is 0 Å². The molecule has 0 bridgehead atoms. The molecule has 3 aromatic carbocycles. The molecule has 0 radical (unpaired) electrons. The van der Waals surface area contributed by atoms with E-state index in [1.165, 1.54) is 5.56 Å². The number of amides is 2. The van der Waals surface area contributed by atoms with Crippen LogP contribution in [-0.2, 0) is 30.3 Å². The molecule has 3 unspecified atom stereocenters. The first-order valence-electron chi connectivity index (χ1n) is 14.8. The second kappa shape index (κ2) is 15.9. The van der Waals surface area contributed by atoms with E-state index in [2.05, 4.69) is 47.9 Å². The molecule has 7 heteroatoms. The van der Waals surface area contributed by atoms with Crippen molar-refractivity contribution < 1.29 is 23.9 Å². The fourth-order valence-electron chi connectivity index (χ4n) is 5.26. The number of Topliss-reactive ketones (excluding diaryl/α,β-unsaturated/α-hetero) is 1. The van der Waals surface area contributed by atoms with Crippen LogP contribution in [0.15, 0.2) is 78.9 Å². The first-order chi connectivity index (χ1) is 20.5. The third-order valence-electron chi connectivity index (χ3n) is 7.61. The van der Waals surface area contributed by atoms with Crippen molar-refractivity contribution in [2.45, 2.75) is 65.5 Å². The summed E-state index contributed by atoms with van der Waals surface area (Å²) < 4.78 is 5.34. The van der Waals surface area contributed by atoms with Crippen molar-refractivity contribution in [1.29, 1.82) is 0 Å². The summed E-state index contributed by atoms with van der Waals surface area (Å²) in [6.07, 6.45) is 1.82. The number of nitrogens with one attached hydrogen (secondary N) is 2. The molecule has 228 valence electrons. The molecule has 3 atom stereocenters. The molecule has 43 heavy (non-hydrogen) atoms. The molecular weight excluding hydrogens is 541 g/mol. The Labute approximate surface area is 255 Å². The largest absolute Gasteiger partial charge is 0.382 e. The quantitative estimate of drug-likeness (QED) is 0.134. The van der Waals surface area contributed by atoms with Gasteiger partial charge in [-0.05, 0) is 59.4 Å². The molecule has 0 fully saturated rings. The number of hydrogen-bond acceptors (Lipinski definition) is 5. The van der Waals surface area contributed by atoms with Gasteiger partial charge >= 0.3 is 0 Å². The summed E-state index contributed by atoms with van der Waals surface area (Å²) in [6.45, 7) is 7.97. The van der Waals surface area contributed by atoms with E-state index in [0.29, 0.717) is 19.3 Å². The van der Waals surface area contributed by atoms with Gasteiger partial charge < -0.3 is 15.4 Å². The average Bonchev–Trinajstić information content (AvgIpc) is 2.99. The Bertz CT molecular complexity index is 1370. The number of aryl methyl sites for hydroxylation is 2. The number of rotatable bonds is 15. The summed E-state index contributed by atoms with van der Waals surface area (Å²) in [5, 5.41) is 5.93. The van der Waals surface area contributed by atoms with Gasteiger partial charge in [-0.2, -0.15) is 0 Å². The SMILES string of the molecule is COCC(NC(=O)C(NC(=O)C(CCCc1ccc(-c2ccccc2)c(C)c1)CC(=O)[13CH]=O)C(C)(C)C)c1ccccc1. The average molecular weight is 586 g/mol. The van der Waals surface area contributed by atoms with Gasteiger partial charge in [0.15, 0.2) is 12.1 Å². The normalized spacial score (nSPS) is 13.4. The summed E-state index contributed by atoms with van der Waals surface area (Å²) in [5.41, 5.74) is 4.89. The maximum atomic E-state index is 13.6. The molecule has 0 saturated carbocycles. The number of carbonyl (C=O) groups excluding carboxylic acids is 4. The predicted octanol–water partition coefficient (Wildman–Crippen LogP) is 5.79. The minimum atomic E-state index is -0.870. The first-order valence-corrected chi connectivity index (χ1v) is 14.8. The van der Waals surface area contributed by atoms with E-state index in [1.807, 2.05) is 69.3 Å². The Morgan fingerprint density at radius 3 is 2.12 bits per heavy atom.